The van der Waals surface area contributed by atoms with E-state index in [9.17, 15) is 4.79 Å². The van der Waals surface area contributed by atoms with Crippen LogP contribution in [-0.2, 0) is 10.5 Å². The van der Waals surface area contributed by atoms with Crippen LogP contribution in [0.1, 0.15) is 36.9 Å². The second-order valence-corrected chi connectivity index (χ2v) is 6.69. The van der Waals surface area contributed by atoms with Crippen molar-refractivity contribution in [2.75, 3.05) is 12.9 Å². The highest BCUT2D eigenvalue weighted by Gasteiger charge is 2.12. The first-order valence-electron chi connectivity index (χ1n) is 8.28. The summed E-state index contributed by atoms with van der Waals surface area (Å²) in [6.45, 7) is 2.08. The minimum atomic E-state index is 0.0579. The molecule has 2 rings (SSSR count). The van der Waals surface area contributed by atoms with Crippen molar-refractivity contribution >= 4 is 17.7 Å². The zero-order valence-corrected chi connectivity index (χ0v) is 15.1. The van der Waals surface area contributed by atoms with E-state index in [0.717, 1.165) is 29.2 Å². The number of methoxy groups -OCH3 is 1. The van der Waals surface area contributed by atoms with E-state index in [-0.39, 0.29) is 11.9 Å². The average Bonchev–Trinajstić information content (AvgIpc) is 2.64. The highest BCUT2D eigenvalue weighted by atomic mass is 32.2. The number of nitrogens with one attached hydrogen (secondary N) is 1. The number of carbonyl (C=O) groups is 1. The van der Waals surface area contributed by atoms with Crippen LogP contribution in [0.5, 0.6) is 5.75 Å². The third-order valence-electron chi connectivity index (χ3n) is 3.85. The van der Waals surface area contributed by atoms with Gasteiger partial charge in [-0.05, 0) is 29.7 Å². The van der Waals surface area contributed by atoms with Crippen molar-refractivity contribution in [3.8, 4) is 5.75 Å². The molecule has 0 heterocycles. The maximum Gasteiger partial charge on any atom is 0.221 e. The van der Waals surface area contributed by atoms with Crippen LogP contribution in [0.4, 0.5) is 0 Å². The van der Waals surface area contributed by atoms with E-state index < -0.39 is 0 Å². The van der Waals surface area contributed by atoms with Gasteiger partial charge in [0.05, 0.1) is 13.2 Å². The van der Waals surface area contributed by atoms with Gasteiger partial charge in [-0.1, -0.05) is 49.4 Å². The second kappa shape index (κ2) is 10.0. The third kappa shape index (κ3) is 5.93. The maximum atomic E-state index is 12.2. The Kier molecular flexibility index (Phi) is 7.69. The van der Waals surface area contributed by atoms with Gasteiger partial charge in [-0.2, -0.15) is 11.8 Å². The van der Waals surface area contributed by atoms with Crippen LogP contribution in [-0.4, -0.2) is 18.8 Å². The quantitative estimate of drug-likeness (QED) is 0.677. The van der Waals surface area contributed by atoms with Gasteiger partial charge in [0.2, 0.25) is 5.91 Å². The summed E-state index contributed by atoms with van der Waals surface area (Å²) in [5.41, 5.74) is 2.41. The summed E-state index contributed by atoms with van der Waals surface area (Å²) < 4.78 is 5.18. The molecule has 0 saturated carbocycles. The van der Waals surface area contributed by atoms with Gasteiger partial charge in [0.15, 0.2) is 0 Å². The Balaban J connectivity index is 1.75. The van der Waals surface area contributed by atoms with Crippen molar-refractivity contribution in [2.45, 2.75) is 31.6 Å². The van der Waals surface area contributed by atoms with Crippen LogP contribution in [0.3, 0.4) is 0 Å². The number of thioether (sulfide) groups is 1. The number of benzene rings is 2. The molecule has 0 saturated heterocycles. The zero-order chi connectivity index (χ0) is 17.2. The lowest BCUT2D eigenvalue weighted by atomic mass is 10.0. The molecule has 2 aromatic carbocycles. The van der Waals surface area contributed by atoms with Gasteiger partial charge >= 0.3 is 0 Å². The third-order valence-corrected chi connectivity index (χ3v) is 4.88. The van der Waals surface area contributed by atoms with Crippen LogP contribution < -0.4 is 10.1 Å². The number of amides is 1. The molecule has 2 aromatic rings. The van der Waals surface area contributed by atoms with E-state index in [4.69, 9.17) is 4.74 Å². The number of hydrogen-bond acceptors (Lipinski definition) is 3. The van der Waals surface area contributed by atoms with Crippen molar-refractivity contribution in [3.63, 3.8) is 0 Å². The highest BCUT2D eigenvalue weighted by Crippen LogP contribution is 2.20. The number of rotatable bonds is 9. The molecule has 0 aliphatic rings. The number of carbonyl (C=O) groups excluding carboxylic acids is 1. The first kappa shape index (κ1) is 18.4. The Bertz CT molecular complexity index is 613. The lowest BCUT2D eigenvalue weighted by Crippen LogP contribution is -2.28. The van der Waals surface area contributed by atoms with Crippen molar-refractivity contribution in [2.24, 2.45) is 0 Å². The van der Waals surface area contributed by atoms with Gasteiger partial charge in [0.1, 0.15) is 5.75 Å². The fourth-order valence-corrected chi connectivity index (χ4v) is 3.36. The summed E-state index contributed by atoms with van der Waals surface area (Å²) in [6.07, 6.45) is 1.42. The molecule has 1 amide bonds. The molecule has 4 heteroatoms. The van der Waals surface area contributed by atoms with Gasteiger partial charge in [-0.3, -0.25) is 4.79 Å². The summed E-state index contributed by atoms with van der Waals surface area (Å²) in [6, 6.07) is 18.3. The summed E-state index contributed by atoms with van der Waals surface area (Å²) in [4.78, 5) is 12.2. The minimum Gasteiger partial charge on any atom is -0.497 e. The van der Waals surface area contributed by atoms with E-state index >= 15 is 0 Å². The zero-order valence-electron chi connectivity index (χ0n) is 14.3. The summed E-state index contributed by atoms with van der Waals surface area (Å²) >= 11 is 1.79. The monoisotopic (exact) mass is 343 g/mol. The van der Waals surface area contributed by atoms with Gasteiger partial charge in [-0.25, -0.2) is 0 Å². The average molecular weight is 343 g/mol. The lowest BCUT2D eigenvalue weighted by Gasteiger charge is -2.18. The first-order valence-corrected chi connectivity index (χ1v) is 9.43. The topological polar surface area (TPSA) is 38.3 Å². The van der Waals surface area contributed by atoms with Crippen molar-refractivity contribution in [1.29, 1.82) is 0 Å². The molecule has 0 aliphatic heterocycles. The summed E-state index contributed by atoms with van der Waals surface area (Å²) in [5, 5.41) is 3.13. The predicted octanol–water partition coefficient (Wildman–Crippen LogP) is 4.59. The van der Waals surface area contributed by atoms with Crippen LogP contribution >= 0.6 is 11.8 Å². The van der Waals surface area contributed by atoms with E-state index in [2.05, 4.69) is 24.4 Å². The second-order valence-electron chi connectivity index (χ2n) is 5.59. The van der Waals surface area contributed by atoms with Gasteiger partial charge in [0.25, 0.3) is 0 Å². The Morgan fingerprint density at radius 3 is 2.46 bits per heavy atom. The van der Waals surface area contributed by atoms with E-state index in [1.165, 1.54) is 5.56 Å². The Labute approximate surface area is 148 Å². The molecule has 0 aliphatic carbocycles. The largest absolute Gasteiger partial charge is 0.497 e. The Hall–Kier alpha value is -1.94. The molecule has 0 spiro atoms. The molecule has 0 aromatic heterocycles. The van der Waals surface area contributed by atoms with Crippen molar-refractivity contribution < 1.29 is 9.53 Å². The molecule has 1 N–H and O–H groups in total. The first-order chi connectivity index (χ1) is 11.7. The lowest BCUT2D eigenvalue weighted by molar-refractivity contribution is -0.121. The smallest absolute Gasteiger partial charge is 0.221 e. The number of hydrogen-bond donors (Lipinski definition) is 1. The summed E-state index contributed by atoms with van der Waals surface area (Å²) in [7, 11) is 1.65. The maximum absolute atomic E-state index is 12.2. The molecule has 1 atom stereocenters. The fraction of sp³-hybridized carbons (Fsp3) is 0.350. The van der Waals surface area contributed by atoms with Gasteiger partial charge < -0.3 is 10.1 Å². The van der Waals surface area contributed by atoms with E-state index in [1.54, 1.807) is 18.9 Å². The molecular weight excluding hydrogens is 318 g/mol. The summed E-state index contributed by atoms with van der Waals surface area (Å²) in [5.74, 6) is 2.72. The molecular formula is C20H25NO2S. The van der Waals surface area contributed by atoms with Gasteiger partial charge in [0, 0.05) is 17.9 Å². The molecule has 24 heavy (non-hydrogen) atoms. The normalized spacial score (nSPS) is 11.8. The van der Waals surface area contributed by atoms with Crippen LogP contribution in [0.25, 0.3) is 0 Å². The molecule has 0 radical (unpaired) electrons. The van der Waals surface area contributed by atoms with Crippen LogP contribution in [0.15, 0.2) is 54.6 Å². The van der Waals surface area contributed by atoms with E-state index in [0.29, 0.717) is 6.42 Å². The van der Waals surface area contributed by atoms with Crippen LogP contribution in [0.2, 0.25) is 0 Å². The predicted molar refractivity (Wildman–Crippen MR) is 101 cm³/mol. The van der Waals surface area contributed by atoms with E-state index in [1.807, 2.05) is 42.5 Å². The highest BCUT2D eigenvalue weighted by molar-refractivity contribution is 7.98. The SMILES string of the molecule is CCC(NC(=O)CCSCc1ccccc1)c1ccc(OC)cc1. The van der Waals surface area contributed by atoms with Gasteiger partial charge in [-0.15, -0.1) is 0 Å². The fourth-order valence-electron chi connectivity index (χ4n) is 2.45. The van der Waals surface area contributed by atoms with Crippen molar-refractivity contribution in [3.05, 3.63) is 65.7 Å². The molecule has 3 nitrogen and oxygen atoms in total. The Morgan fingerprint density at radius 1 is 1.12 bits per heavy atom. The molecule has 0 bridgehead atoms. The number of ether oxygens (including phenoxy) is 1. The Morgan fingerprint density at radius 2 is 1.83 bits per heavy atom. The molecule has 1 unspecified atom stereocenters. The van der Waals surface area contributed by atoms with Crippen LogP contribution in [0, 0.1) is 0 Å². The van der Waals surface area contributed by atoms with Crippen molar-refractivity contribution in [1.82, 2.24) is 5.32 Å². The molecule has 128 valence electrons. The molecule has 0 fully saturated rings. The minimum absolute atomic E-state index is 0.0579. The standard InChI is InChI=1S/C20H25NO2S/c1-3-19(17-9-11-18(23-2)12-10-17)21-20(22)13-14-24-15-16-7-5-4-6-8-16/h4-12,19H,3,13-15H2,1-2H3,(H,21,22).